The summed E-state index contributed by atoms with van der Waals surface area (Å²) in [5.74, 6) is 2.68. The van der Waals surface area contributed by atoms with Crippen LogP contribution in [-0.4, -0.2) is 6.04 Å². The number of anilines is 1. The molecule has 1 atom stereocenters. The van der Waals surface area contributed by atoms with Gasteiger partial charge in [-0.15, -0.1) is 6.42 Å². The molecule has 0 aliphatic heterocycles. The van der Waals surface area contributed by atoms with E-state index in [2.05, 4.69) is 17.3 Å². The van der Waals surface area contributed by atoms with Gasteiger partial charge in [-0.1, -0.05) is 25.0 Å². The van der Waals surface area contributed by atoms with E-state index in [4.69, 9.17) is 11.7 Å². The van der Waals surface area contributed by atoms with Crippen molar-refractivity contribution >= 4 is 5.69 Å². The van der Waals surface area contributed by atoms with Gasteiger partial charge in [0, 0.05) is 5.69 Å². The molecule has 1 rings (SSSR count). The lowest BCUT2D eigenvalue weighted by Crippen LogP contribution is -2.15. The fraction of sp³-hybridized carbons (Fsp3) is 0.308. The molecular weight excluding hydrogens is 184 g/mol. The second-order valence-electron chi connectivity index (χ2n) is 3.30. The molecule has 0 bridgehead atoms. The van der Waals surface area contributed by atoms with Crippen molar-refractivity contribution in [1.29, 1.82) is 5.26 Å². The summed E-state index contributed by atoms with van der Waals surface area (Å²) in [6, 6.07) is 9.97. The Morgan fingerprint density at radius 3 is 2.53 bits per heavy atom. The zero-order valence-electron chi connectivity index (χ0n) is 8.83. The highest BCUT2D eigenvalue weighted by atomic mass is 14.9. The monoisotopic (exact) mass is 198 g/mol. The Kier molecular flexibility index (Phi) is 4.26. The van der Waals surface area contributed by atoms with Crippen LogP contribution in [-0.2, 0) is 6.42 Å². The number of hydrogen-bond acceptors (Lipinski definition) is 2. The van der Waals surface area contributed by atoms with Crippen molar-refractivity contribution in [2.75, 3.05) is 5.32 Å². The molecule has 0 radical (unpaired) electrons. The first-order chi connectivity index (χ1) is 7.30. The van der Waals surface area contributed by atoms with Crippen molar-refractivity contribution in [2.24, 2.45) is 0 Å². The number of hydrogen-bond donors (Lipinski definition) is 1. The van der Waals surface area contributed by atoms with Crippen LogP contribution >= 0.6 is 0 Å². The van der Waals surface area contributed by atoms with Crippen LogP contribution in [0.3, 0.4) is 0 Å². The summed E-state index contributed by atoms with van der Waals surface area (Å²) in [4.78, 5) is 0. The Labute approximate surface area is 90.9 Å². The van der Waals surface area contributed by atoms with Crippen LogP contribution in [0.25, 0.3) is 0 Å². The Balaban J connectivity index is 2.65. The number of rotatable bonds is 4. The molecule has 1 unspecified atom stereocenters. The first-order valence-electron chi connectivity index (χ1n) is 4.98. The van der Waals surface area contributed by atoms with Gasteiger partial charge in [0.05, 0.1) is 18.5 Å². The standard InChI is InChI=1S/C13H14N2/c1-3-12(4-2)15-13-7-5-11(6-8-13)9-10-14/h1,5-8,12,15H,4,9H2,2H3. The number of nitrogens with zero attached hydrogens (tertiary/aromatic N) is 1. The van der Waals surface area contributed by atoms with Gasteiger partial charge in [-0.3, -0.25) is 0 Å². The highest BCUT2D eigenvalue weighted by Gasteiger charge is 2.00. The average molecular weight is 198 g/mol. The molecule has 1 aromatic carbocycles. The fourth-order valence-corrected chi connectivity index (χ4v) is 1.27. The summed E-state index contributed by atoms with van der Waals surface area (Å²) in [5.41, 5.74) is 2.03. The van der Waals surface area contributed by atoms with Gasteiger partial charge in [-0.2, -0.15) is 5.26 Å². The lowest BCUT2D eigenvalue weighted by Gasteiger charge is -2.12. The summed E-state index contributed by atoms with van der Waals surface area (Å²) in [5, 5.41) is 11.7. The number of nitrogens with one attached hydrogen (secondary N) is 1. The Hall–Kier alpha value is -1.93. The number of terminal acetylenes is 1. The first kappa shape index (κ1) is 11.1. The van der Waals surface area contributed by atoms with Crippen LogP contribution in [0, 0.1) is 23.7 Å². The van der Waals surface area contributed by atoms with E-state index < -0.39 is 0 Å². The SMILES string of the molecule is C#CC(CC)Nc1ccc(CC#N)cc1. The highest BCUT2D eigenvalue weighted by molar-refractivity contribution is 5.47. The van der Waals surface area contributed by atoms with Crippen molar-refractivity contribution in [3.05, 3.63) is 29.8 Å². The fourth-order valence-electron chi connectivity index (χ4n) is 1.27. The molecule has 0 spiro atoms. The van der Waals surface area contributed by atoms with E-state index >= 15 is 0 Å². The maximum absolute atomic E-state index is 8.52. The zero-order valence-corrected chi connectivity index (χ0v) is 8.83. The van der Waals surface area contributed by atoms with Crippen LogP contribution in [0.15, 0.2) is 24.3 Å². The van der Waals surface area contributed by atoms with Gasteiger partial charge >= 0.3 is 0 Å². The molecular formula is C13H14N2. The highest BCUT2D eigenvalue weighted by Crippen LogP contribution is 2.11. The molecule has 0 aliphatic carbocycles. The Bertz CT molecular complexity index is 378. The molecule has 76 valence electrons. The predicted octanol–water partition coefficient (Wildman–Crippen LogP) is 2.58. The topological polar surface area (TPSA) is 35.8 Å². The molecule has 0 heterocycles. The van der Waals surface area contributed by atoms with Gasteiger partial charge in [-0.25, -0.2) is 0 Å². The van der Waals surface area contributed by atoms with E-state index in [0.717, 1.165) is 17.7 Å². The van der Waals surface area contributed by atoms with Crippen molar-refractivity contribution in [3.63, 3.8) is 0 Å². The van der Waals surface area contributed by atoms with E-state index in [-0.39, 0.29) is 6.04 Å². The lowest BCUT2D eigenvalue weighted by molar-refractivity contribution is 0.858. The van der Waals surface area contributed by atoms with Gasteiger partial charge in [0.25, 0.3) is 0 Å². The Morgan fingerprint density at radius 2 is 2.07 bits per heavy atom. The van der Waals surface area contributed by atoms with Gasteiger partial charge in [0.15, 0.2) is 0 Å². The van der Waals surface area contributed by atoms with Crippen LogP contribution < -0.4 is 5.32 Å². The second kappa shape index (κ2) is 5.73. The summed E-state index contributed by atoms with van der Waals surface area (Å²) in [6.45, 7) is 2.04. The van der Waals surface area contributed by atoms with E-state index in [1.807, 2.05) is 31.2 Å². The molecule has 0 aromatic heterocycles. The zero-order chi connectivity index (χ0) is 11.1. The van der Waals surface area contributed by atoms with E-state index in [1.165, 1.54) is 0 Å². The number of nitriles is 1. The van der Waals surface area contributed by atoms with Crippen LogP contribution in [0.2, 0.25) is 0 Å². The maximum Gasteiger partial charge on any atom is 0.0871 e. The summed E-state index contributed by atoms with van der Waals surface area (Å²) in [6.07, 6.45) is 6.70. The third-order valence-corrected chi connectivity index (χ3v) is 2.19. The predicted molar refractivity (Wildman–Crippen MR) is 62.3 cm³/mol. The first-order valence-corrected chi connectivity index (χ1v) is 4.98. The third kappa shape index (κ3) is 3.37. The third-order valence-electron chi connectivity index (χ3n) is 2.19. The summed E-state index contributed by atoms with van der Waals surface area (Å²) < 4.78 is 0. The molecule has 1 N–H and O–H groups in total. The van der Waals surface area contributed by atoms with Crippen molar-refractivity contribution < 1.29 is 0 Å². The van der Waals surface area contributed by atoms with Crippen molar-refractivity contribution in [2.45, 2.75) is 25.8 Å². The molecule has 2 heteroatoms. The van der Waals surface area contributed by atoms with E-state index in [1.54, 1.807) is 0 Å². The normalized spacial score (nSPS) is 11.1. The smallest absolute Gasteiger partial charge is 0.0871 e. The minimum absolute atomic E-state index is 0.0758. The van der Waals surface area contributed by atoms with Crippen LogP contribution in [0.5, 0.6) is 0 Å². The van der Waals surface area contributed by atoms with Crippen LogP contribution in [0.1, 0.15) is 18.9 Å². The van der Waals surface area contributed by atoms with Crippen molar-refractivity contribution in [3.8, 4) is 18.4 Å². The molecule has 0 saturated carbocycles. The molecule has 0 amide bonds. The lowest BCUT2D eigenvalue weighted by atomic mass is 10.1. The average Bonchev–Trinajstić information content (AvgIpc) is 2.28. The van der Waals surface area contributed by atoms with Gasteiger partial charge in [0.2, 0.25) is 0 Å². The number of benzene rings is 1. The summed E-state index contributed by atoms with van der Waals surface area (Å²) in [7, 11) is 0. The van der Waals surface area contributed by atoms with Gasteiger partial charge in [-0.05, 0) is 24.1 Å². The largest absolute Gasteiger partial charge is 0.372 e. The van der Waals surface area contributed by atoms with Crippen molar-refractivity contribution in [1.82, 2.24) is 0 Å². The maximum atomic E-state index is 8.52. The molecule has 1 aromatic rings. The Morgan fingerprint density at radius 1 is 1.40 bits per heavy atom. The van der Waals surface area contributed by atoms with Gasteiger partial charge in [0.1, 0.15) is 0 Å². The van der Waals surface area contributed by atoms with Gasteiger partial charge < -0.3 is 5.32 Å². The molecule has 0 saturated heterocycles. The molecule has 15 heavy (non-hydrogen) atoms. The van der Waals surface area contributed by atoms with E-state index in [9.17, 15) is 0 Å². The summed E-state index contributed by atoms with van der Waals surface area (Å²) >= 11 is 0. The quantitative estimate of drug-likeness (QED) is 0.755. The molecule has 2 nitrogen and oxygen atoms in total. The van der Waals surface area contributed by atoms with Crippen LogP contribution in [0.4, 0.5) is 5.69 Å². The minimum atomic E-state index is 0.0758. The second-order valence-corrected chi connectivity index (χ2v) is 3.30. The van der Waals surface area contributed by atoms with E-state index in [0.29, 0.717) is 6.42 Å². The molecule has 0 fully saturated rings. The minimum Gasteiger partial charge on any atom is -0.372 e. The molecule has 0 aliphatic rings.